The van der Waals surface area contributed by atoms with Crippen molar-refractivity contribution in [1.29, 1.82) is 0 Å². The van der Waals surface area contributed by atoms with E-state index in [0.717, 1.165) is 6.54 Å². The number of amides is 1. The van der Waals surface area contributed by atoms with E-state index < -0.39 is 0 Å². The molecule has 1 amide bonds. The second-order valence-electron chi connectivity index (χ2n) is 5.96. The maximum absolute atomic E-state index is 11.5. The van der Waals surface area contributed by atoms with Crippen LogP contribution in [0.3, 0.4) is 0 Å². The summed E-state index contributed by atoms with van der Waals surface area (Å²) in [6.45, 7) is 5.29. The lowest BCUT2D eigenvalue weighted by molar-refractivity contribution is -0.121. The maximum atomic E-state index is 11.5. The van der Waals surface area contributed by atoms with Crippen LogP contribution in [0.2, 0.25) is 0 Å². The van der Waals surface area contributed by atoms with Gasteiger partial charge in [-0.2, -0.15) is 0 Å². The summed E-state index contributed by atoms with van der Waals surface area (Å²) in [5.41, 5.74) is 0.281. The van der Waals surface area contributed by atoms with Crippen molar-refractivity contribution < 1.29 is 4.79 Å². The Kier molecular flexibility index (Phi) is 5.04. The minimum Gasteiger partial charge on any atom is -0.354 e. The summed E-state index contributed by atoms with van der Waals surface area (Å²) >= 11 is 0. The average Bonchev–Trinajstić information content (AvgIpc) is 2.46. The molecule has 0 aromatic rings. The molecule has 3 nitrogen and oxygen atoms in total. The van der Waals surface area contributed by atoms with Crippen LogP contribution in [0.25, 0.3) is 0 Å². The Hall–Kier alpha value is -0.570. The Morgan fingerprint density at radius 1 is 1.06 bits per heavy atom. The zero-order chi connectivity index (χ0) is 12.8. The highest BCUT2D eigenvalue weighted by molar-refractivity contribution is 5.75. The fourth-order valence-electron chi connectivity index (χ4n) is 3.57. The first-order valence-corrected chi connectivity index (χ1v) is 7.79. The lowest BCUT2D eigenvalue weighted by Crippen LogP contribution is -2.58. The van der Waals surface area contributed by atoms with Gasteiger partial charge in [0.05, 0.1) is 0 Å². The van der Waals surface area contributed by atoms with Gasteiger partial charge in [0.15, 0.2) is 0 Å². The quantitative estimate of drug-likeness (QED) is 0.834. The van der Waals surface area contributed by atoms with E-state index in [2.05, 4.69) is 10.2 Å². The predicted molar refractivity (Wildman–Crippen MR) is 74.5 cm³/mol. The topological polar surface area (TPSA) is 32.3 Å². The highest BCUT2D eigenvalue weighted by Gasteiger charge is 2.38. The molecule has 0 bridgehead atoms. The Balaban J connectivity index is 1.99. The van der Waals surface area contributed by atoms with Crippen molar-refractivity contribution in [3.05, 3.63) is 0 Å². The molecule has 1 saturated carbocycles. The van der Waals surface area contributed by atoms with E-state index >= 15 is 0 Å². The van der Waals surface area contributed by atoms with Gasteiger partial charge in [-0.3, -0.25) is 9.69 Å². The van der Waals surface area contributed by atoms with E-state index in [9.17, 15) is 4.79 Å². The highest BCUT2D eigenvalue weighted by atomic mass is 16.1. The van der Waals surface area contributed by atoms with Gasteiger partial charge in [-0.15, -0.1) is 0 Å². The van der Waals surface area contributed by atoms with Crippen LogP contribution in [0.5, 0.6) is 0 Å². The van der Waals surface area contributed by atoms with E-state index in [1.165, 1.54) is 64.5 Å². The Labute approximate surface area is 111 Å². The van der Waals surface area contributed by atoms with E-state index in [0.29, 0.717) is 6.42 Å². The summed E-state index contributed by atoms with van der Waals surface area (Å²) in [6.07, 6.45) is 11.2. The van der Waals surface area contributed by atoms with E-state index in [-0.39, 0.29) is 11.4 Å². The van der Waals surface area contributed by atoms with Crippen LogP contribution in [0, 0.1) is 0 Å². The van der Waals surface area contributed by atoms with Gasteiger partial charge in [0.1, 0.15) is 0 Å². The van der Waals surface area contributed by atoms with E-state index in [1.807, 2.05) is 6.92 Å². The predicted octanol–water partition coefficient (Wildman–Crippen LogP) is 2.70. The number of carbonyl (C=O) groups excluding carboxylic acids is 1. The van der Waals surface area contributed by atoms with Crippen molar-refractivity contribution in [2.45, 2.75) is 70.3 Å². The van der Waals surface area contributed by atoms with Gasteiger partial charge >= 0.3 is 0 Å². The monoisotopic (exact) mass is 252 g/mol. The molecule has 18 heavy (non-hydrogen) atoms. The fraction of sp³-hybridized carbons (Fsp3) is 0.933. The summed E-state index contributed by atoms with van der Waals surface area (Å²) < 4.78 is 0. The molecular formula is C15H28N2O. The molecule has 104 valence electrons. The van der Waals surface area contributed by atoms with Crippen molar-refractivity contribution >= 4 is 5.91 Å². The van der Waals surface area contributed by atoms with Crippen LogP contribution >= 0.6 is 0 Å². The molecule has 0 atom stereocenters. The first-order chi connectivity index (χ1) is 8.77. The first-order valence-electron chi connectivity index (χ1n) is 7.79. The molecule has 0 spiro atoms. The normalized spacial score (nSPS) is 24.7. The number of piperidine rings is 1. The van der Waals surface area contributed by atoms with Gasteiger partial charge in [0.2, 0.25) is 5.91 Å². The molecule has 1 saturated heterocycles. The molecular weight excluding hydrogens is 224 g/mol. The third-order valence-corrected chi connectivity index (χ3v) is 4.75. The second-order valence-corrected chi connectivity index (χ2v) is 5.96. The largest absolute Gasteiger partial charge is 0.354 e. The van der Waals surface area contributed by atoms with Gasteiger partial charge in [0.25, 0.3) is 0 Å². The Morgan fingerprint density at radius 2 is 1.67 bits per heavy atom. The maximum Gasteiger partial charge on any atom is 0.219 e. The number of hydrogen-bond donors (Lipinski definition) is 1. The molecule has 1 aliphatic heterocycles. The molecule has 2 aliphatic rings. The van der Waals surface area contributed by atoms with Crippen molar-refractivity contribution in [2.24, 2.45) is 0 Å². The number of nitrogens with zero attached hydrogens (tertiary/aromatic N) is 1. The van der Waals surface area contributed by atoms with Crippen molar-refractivity contribution in [3.63, 3.8) is 0 Å². The van der Waals surface area contributed by atoms with Crippen molar-refractivity contribution in [2.75, 3.05) is 19.6 Å². The molecule has 0 unspecified atom stereocenters. The Bertz CT molecular complexity index is 266. The smallest absolute Gasteiger partial charge is 0.219 e. The third-order valence-electron chi connectivity index (χ3n) is 4.75. The summed E-state index contributed by atoms with van der Waals surface area (Å²) in [4.78, 5) is 14.2. The van der Waals surface area contributed by atoms with Crippen LogP contribution in [0.15, 0.2) is 0 Å². The highest BCUT2D eigenvalue weighted by Crippen LogP contribution is 2.35. The summed E-state index contributed by atoms with van der Waals surface area (Å²) in [5, 5.41) is 3.16. The molecule has 0 aromatic carbocycles. The van der Waals surface area contributed by atoms with Crippen molar-refractivity contribution in [1.82, 2.24) is 10.2 Å². The van der Waals surface area contributed by atoms with Crippen LogP contribution in [0.1, 0.15) is 64.7 Å². The van der Waals surface area contributed by atoms with Gasteiger partial charge < -0.3 is 5.32 Å². The zero-order valence-electron chi connectivity index (χ0n) is 11.8. The summed E-state index contributed by atoms with van der Waals surface area (Å²) in [6, 6.07) is 0. The molecule has 0 radical (unpaired) electrons. The number of likely N-dealkylation sites (tertiary alicyclic amines) is 1. The number of carbonyl (C=O) groups is 1. The second kappa shape index (κ2) is 6.55. The molecule has 2 fully saturated rings. The van der Waals surface area contributed by atoms with Crippen LogP contribution in [0.4, 0.5) is 0 Å². The third kappa shape index (κ3) is 3.25. The molecule has 1 N–H and O–H groups in total. The Morgan fingerprint density at radius 3 is 2.28 bits per heavy atom. The van der Waals surface area contributed by atoms with Crippen LogP contribution in [-0.4, -0.2) is 36.0 Å². The number of nitrogens with one attached hydrogen (secondary N) is 1. The minimum absolute atomic E-state index is 0.206. The van der Waals surface area contributed by atoms with Gasteiger partial charge in [-0.05, 0) is 38.8 Å². The van der Waals surface area contributed by atoms with Gasteiger partial charge in [-0.1, -0.05) is 32.6 Å². The van der Waals surface area contributed by atoms with E-state index in [1.54, 1.807) is 0 Å². The summed E-state index contributed by atoms with van der Waals surface area (Å²) in [5.74, 6) is 0.206. The van der Waals surface area contributed by atoms with Crippen molar-refractivity contribution in [3.8, 4) is 0 Å². The first kappa shape index (κ1) is 13.9. The number of rotatable bonds is 4. The van der Waals surface area contributed by atoms with Gasteiger partial charge in [-0.25, -0.2) is 0 Å². The standard InChI is InChI=1S/C15H28N2O/c1-2-14(18)16-13-15(9-5-3-6-10-15)17-11-7-4-8-12-17/h2-13H2,1H3,(H,16,18). The number of hydrogen-bond acceptors (Lipinski definition) is 2. The molecule has 0 aromatic heterocycles. The van der Waals surface area contributed by atoms with Gasteiger partial charge in [0, 0.05) is 18.5 Å². The molecule has 1 aliphatic carbocycles. The average molecular weight is 252 g/mol. The zero-order valence-corrected chi connectivity index (χ0v) is 11.8. The lowest BCUT2D eigenvalue weighted by Gasteiger charge is -2.48. The molecule has 2 rings (SSSR count). The van der Waals surface area contributed by atoms with Crippen LogP contribution < -0.4 is 5.32 Å². The molecule has 3 heteroatoms. The van der Waals surface area contributed by atoms with E-state index in [4.69, 9.17) is 0 Å². The SMILES string of the molecule is CCC(=O)NCC1(N2CCCCC2)CCCCC1. The fourth-order valence-corrected chi connectivity index (χ4v) is 3.57. The molecule has 1 heterocycles. The minimum atomic E-state index is 0.206. The lowest BCUT2D eigenvalue weighted by atomic mass is 9.79. The summed E-state index contributed by atoms with van der Waals surface area (Å²) in [7, 11) is 0. The van der Waals surface area contributed by atoms with Crippen LogP contribution in [-0.2, 0) is 4.79 Å².